The molecule has 0 spiro atoms. The number of aromatic nitrogens is 3. The number of carbonyl (C=O) groups is 1. The number of aromatic amines is 1. The smallest absolute Gasteiger partial charge is 0.273 e. The SMILES string of the molecule is O=C(c1c[nH]n2c(=O)cc(-c3ccccc3)nc12)N1CCNCC1. The molecule has 0 unspecified atom stereocenters. The van der Waals surface area contributed by atoms with Crippen LogP contribution in [0.15, 0.2) is 47.4 Å². The highest BCUT2D eigenvalue weighted by Crippen LogP contribution is 2.17. The van der Waals surface area contributed by atoms with Crippen molar-refractivity contribution >= 4 is 11.6 Å². The Balaban J connectivity index is 1.81. The number of carbonyl (C=O) groups excluding carboxylic acids is 1. The molecule has 1 aromatic carbocycles. The first-order valence-electron chi connectivity index (χ1n) is 7.90. The van der Waals surface area contributed by atoms with Gasteiger partial charge in [-0.1, -0.05) is 30.3 Å². The molecule has 3 heterocycles. The van der Waals surface area contributed by atoms with Gasteiger partial charge in [-0.3, -0.25) is 14.7 Å². The standard InChI is InChI=1S/C17H17N5O2/c23-15-10-14(12-4-2-1-3-5-12)20-16-13(11-19-22(15)16)17(24)21-8-6-18-7-9-21/h1-5,10-11,18-19H,6-9H2. The highest BCUT2D eigenvalue weighted by molar-refractivity contribution is 5.99. The molecule has 0 atom stereocenters. The zero-order valence-electron chi connectivity index (χ0n) is 13.0. The summed E-state index contributed by atoms with van der Waals surface area (Å²) in [5.74, 6) is -0.104. The molecule has 1 aliphatic heterocycles. The third kappa shape index (κ3) is 2.48. The summed E-state index contributed by atoms with van der Waals surface area (Å²) in [4.78, 5) is 31.4. The van der Waals surface area contributed by atoms with Crippen molar-refractivity contribution in [3.05, 3.63) is 58.5 Å². The molecule has 1 saturated heterocycles. The molecule has 1 aliphatic rings. The van der Waals surface area contributed by atoms with E-state index in [-0.39, 0.29) is 11.5 Å². The number of nitrogens with zero attached hydrogens (tertiary/aromatic N) is 3. The highest BCUT2D eigenvalue weighted by atomic mass is 16.2. The van der Waals surface area contributed by atoms with Gasteiger partial charge < -0.3 is 10.2 Å². The minimum atomic E-state index is -0.238. The predicted molar refractivity (Wildman–Crippen MR) is 90.0 cm³/mol. The molecule has 7 nitrogen and oxygen atoms in total. The van der Waals surface area contributed by atoms with Gasteiger partial charge in [0.15, 0.2) is 5.65 Å². The van der Waals surface area contributed by atoms with Gasteiger partial charge in [0.25, 0.3) is 11.5 Å². The molecule has 3 aromatic rings. The average molecular weight is 323 g/mol. The van der Waals surface area contributed by atoms with Gasteiger partial charge in [-0.25, -0.2) is 9.50 Å². The topological polar surface area (TPSA) is 82.5 Å². The van der Waals surface area contributed by atoms with Gasteiger partial charge in [-0.15, -0.1) is 0 Å². The molecule has 1 amide bonds. The Morgan fingerprint density at radius 1 is 1.12 bits per heavy atom. The van der Waals surface area contributed by atoms with E-state index in [1.165, 1.54) is 10.6 Å². The molecule has 0 saturated carbocycles. The van der Waals surface area contributed by atoms with Crippen molar-refractivity contribution in [2.75, 3.05) is 26.2 Å². The fourth-order valence-corrected chi connectivity index (χ4v) is 2.93. The second-order valence-corrected chi connectivity index (χ2v) is 5.73. The van der Waals surface area contributed by atoms with Crippen LogP contribution in [0.25, 0.3) is 16.9 Å². The minimum absolute atomic E-state index is 0.104. The van der Waals surface area contributed by atoms with Crippen LogP contribution in [-0.4, -0.2) is 51.6 Å². The molecule has 0 aliphatic carbocycles. The third-order valence-corrected chi connectivity index (χ3v) is 4.20. The second kappa shape index (κ2) is 5.93. The first-order valence-corrected chi connectivity index (χ1v) is 7.90. The molecule has 2 aromatic heterocycles. The fourth-order valence-electron chi connectivity index (χ4n) is 2.93. The van der Waals surface area contributed by atoms with E-state index in [1.54, 1.807) is 11.1 Å². The van der Waals surface area contributed by atoms with Crippen molar-refractivity contribution in [2.45, 2.75) is 0 Å². The zero-order valence-corrected chi connectivity index (χ0v) is 13.0. The van der Waals surface area contributed by atoms with E-state index in [1.807, 2.05) is 30.3 Å². The molecular formula is C17H17N5O2. The van der Waals surface area contributed by atoms with Crippen molar-refractivity contribution in [3.8, 4) is 11.3 Å². The molecular weight excluding hydrogens is 306 g/mol. The number of fused-ring (bicyclic) bond motifs is 1. The molecule has 2 N–H and O–H groups in total. The molecule has 7 heteroatoms. The first-order chi connectivity index (χ1) is 11.7. The van der Waals surface area contributed by atoms with Gasteiger partial charge in [-0.05, 0) is 0 Å². The zero-order chi connectivity index (χ0) is 16.5. The maximum absolute atomic E-state index is 12.8. The third-order valence-electron chi connectivity index (χ3n) is 4.20. The number of benzene rings is 1. The predicted octanol–water partition coefficient (Wildman–Crippen LogP) is 0.735. The Hall–Kier alpha value is -2.93. The van der Waals surface area contributed by atoms with E-state index >= 15 is 0 Å². The summed E-state index contributed by atoms with van der Waals surface area (Å²) in [6.07, 6.45) is 1.56. The Labute approximate surface area is 137 Å². The van der Waals surface area contributed by atoms with Crippen LogP contribution < -0.4 is 10.9 Å². The van der Waals surface area contributed by atoms with Gasteiger partial charge in [-0.2, -0.15) is 0 Å². The van der Waals surface area contributed by atoms with Gasteiger partial charge in [0.05, 0.1) is 5.69 Å². The monoisotopic (exact) mass is 323 g/mol. The quantitative estimate of drug-likeness (QED) is 0.728. The summed E-state index contributed by atoms with van der Waals surface area (Å²) in [5, 5.41) is 6.05. The normalized spacial score (nSPS) is 14.9. The van der Waals surface area contributed by atoms with Crippen LogP contribution in [0.4, 0.5) is 0 Å². The lowest BCUT2D eigenvalue weighted by Gasteiger charge is -2.26. The molecule has 0 bridgehead atoms. The van der Waals surface area contributed by atoms with Crippen LogP contribution in [0, 0.1) is 0 Å². The van der Waals surface area contributed by atoms with E-state index in [2.05, 4.69) is 15.4 Å². The lowest BCUT2D eigenvalue weighted by Crippen LogP contribution is -2.46. The summed E-state index contributed by atoms with van der Waals surface area (Å²) in [5.41, 5.74) is 1.96. The van der Waals surface area contributed by atoms with Crippen molar-refractivity contribution < 1.29 is 4.79 Å². The summed E-state index contributed by atoms with van der Waals surface area (Å²) in [6.45, 7) is 2.85. The minimum Gasteiger partial charge on any atom is -0.336 e. The molecule has 24 heavy (non-hydrogen) atoms. The first kappa shape index (κ1) is 14.6. The van der Waals surface area contributed by atoms with Crippen molar-refractivity contribution in [3.63, 3.8) is 0 Å². The van der Waals surface area contributed by atoms with Crippen LogP contribution in [0.1, 0.15) is 10.4 Å². The Morgan fingerprint density at radius 3 is 2.62 bits per heavy atom. The van der Waals surface area contributed by atoms with Crippen LogP contribution in [0.5, 0.6) is 0 Å². The van der Waals surface area contributed by atoms with E-state index in [9.17, 15) is 9.59 Å². The maximum atomic E-state index is 12.8. The summed E-state index contributed by atoms with van der Waals surface area (Å²) >= 11 is 0. The molecule has 4 rings (SSSR count). The Kier molecular flexibility index (Phi) is 3.62. The van der Waals surface area contributed by atoms with Gasteiger partial charge in [0.1, 0.15) is 5.56 Å². The molecule has 1 fully saturated rings. The van der Waals surface area contributed by atoms with Crippen molar-refractivity contribution in [1.82, 2.24) is 24.8 Å². The number of piperazine rings is 1. The summed E-state index contributed by atoms with van der Waals surface area (Å²) in [7, 11) is 0. The van der Waals surface area contributed by atoms with Crippen molar-refractivity contribution in [2.24, 2.45) is 0 Å². The Bertz CT molecular complexity index is 939. The van der Waals surface area contributed by atoms with Crippen LogP contribution in [0.2, 0.25) is 0 Å². The number of nitrogens with one attached hydrogen (secondary N) is 2. The number of hydrogen-bond acceptors (Lipinski definition) is 4. The average Bonchev–Trinajstić information content (AvgIpc) is 3.07. The number of H-pyrrole nitrogens is 1. The summed E-state index contributed by atoms with van der Waals surface area (Å²) in [6, 6.07) is 10.9. The fraction of sp³-hybridized carbons (Fsp3) is 0.235. The maximum Gasteiger partial charge on any atom is 0.273 e. The number of rotatable bonds is 2. The lowest BCUT2D eigenvalue weighted by atomic mass is 10.1. The molecule has 0 radical (unpaired) electrons. The highest BCUT2D eigenvalue weighted by Gasteiger charge is 2.22. The van der Waals surface area contributed by atoms with E-state index in [4.69, 9.17) is 0 Å². The summed E-state index contributed by atoms with van der Waals surface area (Å²) < 4.78 is 1.31. The lowest BCUT2D eigenvalue weighted by molar-refractivity contribution is 0.0737. The second-order valence-electron chi connectivity index (χ2n) is 5.73. The van der Waals surface area contributed by atoms with E-state index in [0.717, 1.165) is 18.7 Å². The van der Waals surface area contributed by atoms with Crippen LogP contribution in [-0.2, 0) is 0 Å². The van der Waals surface area contributed by atoms with E-state index < -0.39 is 0 Å². The van der Waals surface area contributed by atoms with Crippen molar-refractivity contribution in [1.29, 1.82) is 0 Å². The number of hydrogen-bond donors (Lipinski definition) is 2. The number of amides is 1. The Morgan fingerprint density at radius 2 is 1.88 bits per heavy atom. The van der Waals surface area contributed by atoms with Gasteiger partial charge in [0.2, 0.25) is 0 Å². The van der Waals surface area contributed by atoms with Crippen LogP contribution in [0.3, 0.4) is 0 Å². The largest absolute Gasteiger partial charge is 0.336 e. The molecule has 122 valence electrons. The van der Waals surface area contributed by atoms with Gasteiger partial charge >= 0.3 is 0 Å². The van der Waals surface area contributed by atoms with Crippen LogP contribution >= 0.6 is 0 Å². The van der Waals surface area contributed by atoms with Gasteiger partial charge in [0, 0.05) is 44.0 Å². The van der Waals surface area contributed by atoms with E-state index in [0.29, 0.717) is 30.0 Å².